The Bertz CT molecular complexity index is 752. The molecule has 6 heteroatoms. The summed E-state index contributed by atoms with van der Waals surface area (Å²) in [4.78, 5) is 26.0. The minimum absolute atomic E-state index is 0.180. The largest absolute Gasteiger partial charge is 0.463 e. The van der Waals surface area contributed by atoms with Crippen LogP contribution in [0.3, 0.4) is 0 Å². The lowest BCUT2D eigenvalue weighted by Gasteiger charge is -2.21. The maximum atomic E-state index is 12.9. The summed E-state index contributed by atoms with van der Waals surface area (Å²) >= 11 is 0. The van der Waals surface area contributed by atoms with Crippen molar-refractivity contribution in [3.63, 3.8) is 0 Å². The van der Waals surface area contributed by atoms with Crippen LogP contribution in [0.25, 0.3) is 11.0 Å². The number of nitrogens with zero attached hydrogens (tertiary/aromatic N) is 1. The smallest absolute Gasteiger partial charge is 0.258 e. The average Bonchev–Trinajstić information content (AvgIpc) is 3.17. The van der Waals surface area contributed by atoms with Crippen LogP contribution < -0.4 is 5.73 Å². The zero-order valence-electron chi connectivity index (χ0n) is 13.2. The third kappa shape index (κ3) is 2.70. The van der Waals surface area contributed by atoms with E-state index in [-0.39, 0.29) is 12.0 Å². The Hall–Kier alpha value is -2.34. The summed E-state index contributed by atoms with van der Waals surface area (Å²) in [6, 6.07) is 5.14. The summed E-state index contributed by atoms with van der Waals surface area (Å²) in [5.74, 6) is -0.764. The van der Waals surface area contributed by atoms with E-state index in [1.54, 1.807) is 7.11 Å². The number of nitrogens with two attached hydrogens (primary N) is 1. The molecule has 0 saturated carbocycles. The number of furan rings is 1. The van der Waals surface area contributed by atoms with Gasteiger partial charge in [0.05, 0.1) is 11.7 Å². The highest BCUT2D eigenvalue weighted by Gasteiger charge is 2.39. The van der Waals surface area contributed by atoms with E-state index in [9.17, 15) is 9.59 Å². The Labute approximate surface area is 134 Å². The van der Waals surface area contributed by atoms with Gasteiger partial charge in [-0.1, -0.05) is 13.0 Å². The van der Waals surface area contributed by atoms with Gasteiger partial charge in [0.2, 0.25) is 5.91 Å². The summed E-state index contributed by atoms with van der Waals surface area (Å²) in [7, 11) is 1.57. The SMILES string of the molecule is CCc1ccc2occ(C(=O)N3C[C@@H](OC)C[C@H]3C(N)=O)c2c1. The molecule has 2 amide bonds. The molecule has 0 spiro atoms. The van der Waals surface area contributed by atoms with Gasteiger partial charge < -0.3 is 19.8 Å². The highest BCUT2D eigenvalue weighted by atomic mass is 16.5. The van der Waals surface area contributed by atoms with Gasteiger partial charge in [-0.2, -0.15) is 0 Å². The first kappa shape index (κ1) is 15.6. The summed E-state index contributed by atoms with van der Waals surface area (Å²) in [5, 5.41) is 0.762. The van der Waals surface area contributed by atoms with E-state index in [2.05, 4.69) is 6.92 Å². The van der Waals surface area contributed by atoms with Gasteiger partial charge in [-0.05, 0) is 24.1 Å². The molecule has 2 N–H and O–H groups in total. The fourth-order valence-corrected chi connectivity index (χ4v) is 3.08. The minimum Gasteiger partial charge on any atom is -0.463 e. The number of carbonyl (C=O) groups excluding carboxylic acids is 2. The molecule has 2 atom stereocenters. The predicted molar refractivity (Wildman–Crippen MR) is 85.0 cm³/mol. The van der Waals surface area contributed by atoms with Crippen LogP contribution in [0.5, 0.6) is 0 Å². The van der Waals surface area contributed by atoms with Crippen LogP contribution in [0.2, 0.25) is 0 Å². The molecule has 2 aromatic rings. The zero-order chi connectivity index (χ0) is 16.6. The Balaban J connectivity index is 1.97. The number of amides is 2. The molecule has 1 fully saturated rings. The van der Waals surface area contributed by atoms with Gasteiger partial charge in [-0.15, -0.1) is 0 Å². The van der Waals surface area contributed by atoms with Crippen LogP contribution in [0.1, 0.15) is 29.3 Å². The van der Waals surface area contributed by atoms with Crippen LogP contribution in [-0.2, 0) is 16.0 Å². The first-order valence-electron chi connectivity index (χ1n) is 7.68. The number of aryl methyl sites for hydroxylation is 1. The molecule has 1 aliphatic rings. The molecule has 2 heterocycles. The number of primary amides is 1. The second-order valence-corrected chi connectivity index (χ2v) is 5.80. The molecule has 0 unspecified atom stereocenters. The topological polar surface area (TPSA) is 85.8 Å². The Morgan fingerprint density at radius 2 is 2.22 bits per heavy atom. The fourth-order valence-electron chi connectivity index (χ4n) is 3.08. The second-order valence-electron chi connectivity index (χ2n) is 5.80. The van der Waals surface area contributed by atoms with Crippen LogP contribution in [0.4, 0.5) is 0 Å². The van der Waals surface area contributed by atoms with Crippen LogP contribution in [0, 0.1) is 0 Å². The molecule has 1 aromatic heterocycles. The summed E-state index contributed by atoms with van der Waals surface area (Å²) < 4.78 is 10.8. The molecule has 0 bridgehead atoms. The average molecular weight is 316 g/mol. The lowest BCUT2D eigenvalue weighted by Crippen LogP contribution is -2.43. The van der Waals surface area contributed by atoms with Crippen molar-refractivity contribution in [3.8, 4) is 0 Å². The van der Waals surface area contributed by atoms with E-state index in [0.717, 1.165) is 17.4 Å². The highest BCUT2D eigenvalue weighted by Crippen LogP contribution is 2.28. The number of carbonyl (C=O) groups is 2. The Morgan fingerprint density at radius 3 is 2.87 bits per heavy atom. The molecule has 1 aromatic carbocycles. The van der Waals surface area contributed by atoms with Crippen LogP contribution in [-0.4, -0.2) is 42.5 Å². The number of hydrogen-bond donors (Lipinski definition) is 1. The predicted octanol–water partition coefficient (Wildman–Crippen LogP) is 1.71. The van der Waals surface area contributed by atoms with Gasteiger partial charge in [0.15, 0.2) is 0 Å². The van der Waals surface area contributed by atoms with E-state index in [4.69, 9.17) is 14.9 Å². The summed E-state index contributed by atoms with van der Waals surface area (Å²) in [6.45, 7) is 2.40. The van der Waals surface area contributed by atoms with Crippen molar-refractivity contribution in [2.45, 2.75) is 31.9 Å². The van der Waals surface area contributed by atoms with Crippen molar-refractivity contribution in [1.29, 1.82) is 0 Å². The van der Waals surface area contributed by atoms with Crippen molar-refractivity contribution in [1.82, 2.24) is 4.90 Å². The number of benzene rings is 1. The van der Waals surface area contributed by atoms with E-state index in [1.165, 1.54) is 11.2 Å². The van der Waals surface area contributed by atoms with Crippen molar-refractivity contribution in [3.05, 3.63) is 35.6 Å². The van der Waals surface area contributed by atoms with Gasteiger partial charge >= 0.3 is 0 Å². The molecule has 1 saturated heterocycles. The standard InChI is InChI=1S/C17H20N2O4/c1-3-10-4-5-15-12(6-10)13(9-23-15)17(21)19-8-11(22-2)7-14(19)16(18)20/h4-6,9,11,14H,3,7-8H2,1-2H3,(H2,18,20)/t11-,14-/m0/s1. The first-order valence-corrected chi connectivity index (χ1v) is 7.68. The van der Waals surface area contributed by atoms with Gasteiger partial charge in [0, 0.05) is 25.5 Å². The van der Waals surface area contributed by atoms with Crippen LogP contribution >= 0.6 is 0 Å². The van der Waals surface area contributed by atoms with Gasteiger partial charge in [0.25, 0.3) is 5.91 Å². The lowest BCUT2D eigenvalue weighted by atomic mass is 10.1. The molecule has 0 aliphatic carbocycles. The summed E-state index contributed by atoms with van der Waals surface area (Å²) in [5.41, 5.74) is 7.68. The molecule has 3 rings (SSSR count). The van der Waals surface area contributed by atoms with Crippen molar-refractivity contribution < 1.29 is 18.7 Å². The maximum absolute atomic E-state index is 12.9. The van der Waals surface area contributed by atoms with Gasteiger partial charge in [-0.25, -0.2) is 0 Å². The van der Waals surface area contributed by atoms with Gasteiger partial charge in [0.1, 0.15) is 17.9 Å². The Kier molecular flexibility index (Phi) is 4.09. The molecule has 1 aliphatic heterocycles. The third-order valence-electron chi connectivity index (χ3n) is 4.46. The monoisotopic (exact) mass is 316 g/mol. The number of rotatable bonds is 4. The zero-order valence-corrected chi connectivity index (χ0v) is 13.2. The van der Waals surface area contributed by atoms with Crippen LogP contribution in [0.15, 0.2) is 28.9 Å². The van der Waals surface area contributed by atoms with E-state index >= 15 is 0 Å². The van der Waals surface area contributed by atoms with Gasteiger partial charge in [-0.3, -0.25) is 9.59 Å². The van der Waals surface area contributed by atoms with Crippen molar-refractivity contribution in [2.75, 3.05) is 13.7 Å². The molecule has 23 heavy (non-hydrogen) atoms. The quantitative estimate of drug-likeness (QED) is 0.930. The Morgan fingerprint density at radius 1 is 1.43 bits per heavy atom. The fraction of sp³-hybridized carbons (Fsp3) is 0.412. The van der Waals surface area contributed by atoms with E-state index < -0.39 is 11.9 Å². The minimum atomic E-state index is -0.647. The molecular weight excluding hydrogens is 296 g/mol. The summed E-state index contributed by atoms with van der Waals surface area (Å²) in [6.07, 6.45) is 2.56. The lowest BCUT2D eigenvalue weighted by molar-refractivity contribution is -0.121. The van der Waals surface area contributed by atoms with E-state index in [1.807, 2.05) is 18.2 Å². The molecule has 122 valence electrons. The molecule has 0 radical (unpaired) electrons. The highest BCUT2D eigenvalue weighted by molar-refractivity contribution is 6.07. The molecule has 6 nitrogen and oxygen atoms in total. The normalized spacial score (nSPS) is 21.0. The third-order valence-corrected chi connectivity index (χ3v) is 4.46. The van der Waals surface area contributed by atoms with E-state index in [0.29, 0.717) is 24.1 Å². The molecular formula is C17H20N2O4. The first-order chi connectivity index (χ1) is 11.0. The number of likely N-dealkylation sites (tertiary alicyclic amines) is 1. The van der Waals surface area contributed by atoms with Crippen molar-refractivity contribution in [2.24, 2.45) is 5.73 Å². The number of fused-ring (bicyclic) bond motifs is 1. The number of ether oxygens (including phenoxy) is 1. The second kappa shape index (κ2) is 6.04. The van der Waals surface area contributed by atoms with Crippen molar-refractivity contribution >= 4 is 22.8 Å². The number of hydrogen-bond acceptors (Lipinski definition) is 4. The number of methoxy groups -OCH3 is 1. The maximum Gasteiger partial charge on any atom is 0.258 e.